The van der Waals surface area contributed by atoms with Crippen molar-refractivity contribution in [2.75, 3.05) is 26.4 Å². The van der Waals surface area contributed by atoms with Gasteiger partial charge in [-0.25, -0.2) is 4.57 Å². The van der Waals surface area contributed by atoms with Gasteiger partial charge < -0.3 is 20.1 Å². The summed E-state index contributed by atoms with van der Waals surface area (Å²) in [6, 6.07) is 0. The third-order valence-corrected chi connectivity index (χ3v) is 17.6. The fraction of sp³-hybridized carbons (Fsp3) is 0.818. The van der Waals surface area contributed by atoms with Crippen LogP contribution in [0.1, 0.15) is 373 Å². The Morgan fingerprint density at radius 1 is 0.356 bits per heavy atom. The Labute approximate surface area is 539 Å². The maximum absolute atomic E-state index is 12.8. The van der Waals surface area contributed by atoms with Crippen LogP contribution < -0.4 is 5.73 Å². The molecule has 0 saturated heterocycles. The van der Waals surface area contributed by atoms with Crippen LogP contribution in [0, 0.1) is 0 Å². The van der Waals surface area contributed by atoms with Crippen LogP contribution in [-0.2, 0) is 32.7 Å². The molecule has 3 N–H and O–H groups in total. The first-order valence-corrected chi connectivity index (χ1v) is 38.9. The Bertz CT molecular complexity index is 1660. The number of hydrogen-bond acceptors (Lipinski definition) is 8. The van der Waals surface area contributed by atoms with Crippen molar-refractivity contribution < 1.29 is 37.6 Å². The summed E-state index contributed by atoms with van der Waals surface area (Å²) in [5, 5.41) is 0. The van der Waals surface area contributed by atoms with E-state index in [9.17, 15) is 19.0 Å². The topological polar surface area (TPSA) is 134 Å². The molecule has 0 bridgehead atoms. The minimum atomic E-state index is -4.40. The van der Waals surface area contributed by atoms with Gasteiger partial charge in [0.15, 0.2) is 6.10 Å². The van der Waals surface area contributed by atoms with Crippen molar-refractivity contribution in [3.8, 4) is 0 Å². The van der Waals surface area contributed by atoms with E-state index in [-0.39, 0.29) is 38.6 Å². The van der Waals surface area contributed by atoms with E-state index in [1.54, 1.807) is 0 Å². The van der Waals surface area contributed by atoms with E-state index < -0.39 is 26.5 Å². The van der Waals surface area contributed by atoms with Crippen LogP contribution in [0.4, 0.5) is 0 Å². The quantitative estimate of drug-likeness (QED) is 0.0264. The third kappa shape index (κ3) is 72.4. The minimum absolute atomic E-state index is 0.0522. The van der Waals surface area contributed by atoms with Crippen molar-refractivity contribution in [2.45, 2.75) is 380 Å². The Balaban J connectivity index is 3.78. The summed E-state index contributed by atoms with van der Waals surface area (Å²) in [5.41, 5.74) is 5.41. The molecular formula is C77H142NO8P. The van der Waals surface area contributed by atoms with Gasteiger partial charge in [0.25, 0.3) is 0 Å². The molecule has 0 saturated carbocycles. The summed E-state index contributed by atoms with van der Waals surface area (Å²) in [6.45, 7) is 3.68. The van der Waals surface area contributed by atoms with Crippen LogP contribution in [0.3, 0.4) is 0 Å². The molecule has 87 heavy (non-hydrogen) atoms. The fourth-order valence-corrected chi connectivity index (χ4v) is 11.8. The van der Waals surface area contributed by atoms with Crippen molar-refractivity contribution in [2.24, 2.45) is 5.73 Å². The lowest BCUT2D eigenvalue weighted by Gasteiger charge is -2.19. The van der Waals surface area contributed by atoms with Gasteiger partial charge in [0, 0.05) is 19.4 Å². The van der Waals surface area contributed by atoms with E-state index >= 15 is 0 Å². The molecule has 10 heteroatoms. The lowest BCUT2D eigenvalue weighted by molar-refractivity contribution is -0.161. The number of hydrogen-bond donors (Lipinski definition) is 2. The lowest BCUT2D eigenvalue weighted by Crippen LogP contribution is -2.29. The van der Waals surface area contributed by atoms with Crippen LogP contribution in [0.2, 0.25) is 0 Å². The first-order chi connectivity index (χ1) is 42.8. The summed E-state index contributed by atoms with van der Waals surface area (Å²) in [7, 11) is -4.40. The maximum atomic E-state index is 12.8. The Kier molecular flexibility index (Phi) is 70.4. The Morgan fingerprint density at radius 2 is 0.632 bits per heavy atom. The number of carbonyl (C=O) groups is 2. The van der Waals surface area contributed by atoms with Gasteiger partial charge >= 0.3 is 19.8 Å². The molecule has 9 nitrogen and oxygen atoms in total. The van der Waals surface area contributed by atoms with Crippen LogP contribution in [0.25, 0.3) is 0 Å². The van der Waals surface area contributed by atoms with Crippen LogP contribution in [0.15, 0.2) is 72.9 Å². The largest absolute Gasteiger partial charge is 0.472 e. The molecule has 0 aliphatic heterocycles. The molecule has 508 valence electrons. The van der Waals surface area contributed by atoms with Crippen molar-refractivity contribution in [1.29, 1.82) is 0 Å². The van der Waals surface area contributed by atoms with Gasteiger partial charge in [-0.3, -0.25) is 18.6 Å². The molecule has 0 radical (unpaired) electrons. The zero-order valence-corrected chi connectivity index (χ0v) is 58.2. The van der Waals surface area contributed by atoms with E-state index in [0.29, 0.717) is 6.42 Å². The molecule has 0 aliphatic carbocycles. The number of unbranched alkanes of at least 4 members (excludes halogenated alkanes) is 46. The number of nitrogens with two attached hydrogens (primary N) is 1. The summed E-state index contributed by atoms with van der Waals surface area (Å²) < 4.78 is 33.2. The number of allylic oxidation sites excluding steroid dienone is 12. The highest BCUT2D eigenvalue weighted by Crippen LogP contribution is 2.43. The third-order valence-electron chi connectivity index (χ3n) is 16.6. The molecule has 0 heterocycles. The molecule has 0 aromatic heterocycles. The second-order valence-corrected chi connectivity index (χ2v) is 26.6. The smallest absolute Gasteiger partial charge is 0.462 e. The SMILES string of the molecule is CC/C=C\C/C=C\C/C=C\C/C=C\C/C=C\CCCCCCCCCCCCCC(=O)OC(COC(=O)CCCCCCCCCCCCCCCCCCCCCCCCCCCCC/C=C\CCCCCCCCCC)COP(=O)(O)OCCN. The van der Waals surface area contributed by atoms with Gasteiger partial charge in [0.2, 0.25) is 0 Å². The molecule has 0 amide bonds. The summed E-state index contributed by atoms with van der Waals surface area (Å²) in [5.74, 6) is -0.816. The standard InChI is InChI=1S/C77H142NO8P/c1-3-5-7-9-11-13-15-17-19-21-23-25-27-29-31-32-33-34-35-36-37-38-39-40-41-42-44-45-47-49-51-53-55-57-59-61-63-65-67-69-76(79)83-73-75(74-85-87(81,82)84-72-71-78)86-77(80)70-68-66-64-62-60-58-56-54-52-50-48-46-43-30-28-26-24-22-20-18-16-14-12-10-8-6-4-2/h6,8,12,14,18,20-21,23-24,26,30,43,75H,3-5,7,9-11,13,15-17,19,22,25,27-29,31-42,44-74,78H2,1-2H3,(H,81,82)/b8-6-,14-12-,20-18-,23-21-,26-24-,43-30-. The van der Waals surface area contributed by atoms with Gasteiger partial charge in [-0.15, -0.1) is 0 Å². The molecule has 0 spiro atoms. The summed E-state index contributed by atoms with van der Waals surface area (Å²) in [6.07, 6.45) is 96.0. The van der Waals surface area contributed by atoms with Gasteiger partial charge in [-0.1, -0.05) is 350 Å². The zero-order valence-electron chi connectivity index (χ0n) is 57.3. The number of esters is 2. The molecule has 0 fully saturated rings. The highest BCUT2D eigenvalue weighted by Gasteiger charge is 2.26. The molecule has 2 atom stereocenters. The zero-order chi connectivity index (χ0) is 63.0. The van der Waals surface area contributed by atoms with Gasteiger partial charge in [0.1, 0.15) is 6.61 Å². The number of phosphoric ester groups is 1. The summed E-state index contributed by atoms with van der Waals surface area (Å²) in [4.78, 5) is 35.4. The summed E-state index contributed by atoms with van der Waals surface area (Å²) >= 11 is 0. The van der Waals surface area contributed by atoms with E-state index in [4.69, 9.17) is 24.3 Å². The number of carbonyl (C=O) groups excluding carboxylic acids is 2. The van der Waals surface area contributed by atoms with E-state index in [2.05, 4.69) is 86.8 Å². The minimum Gasteiger partial charge on any atom is -0.462 e. The van der Waals surface area contributed by atoms with Crippen molar-refractivity contribution in [1.82, 2.24) is 0 Å². The molecule has 0 aromatic carbocycles. The first-order valence-electron chi connectivity index (χ1n) is 37.4. The maximum Gasteiger partial charge on any atom is 0.472 e. The highest BCUT2D eigenvalue weighted by atomic mass is 31.2. The van der Waals surface area contributed by atoms with Gasteiger partial charge in [-0.05, 0) is 83.5 Å². The van der Waals surface area contributed by atoms with Crippen molar-refractivity contribution >= 4 is 19.8 Å². The van der Waals surface area contributed by atoms with Crippen LogP contribution >= 0.6 is 7.82 Å². The predicted molar refractivity (Wildman–Crippen MR) is 376 cm³/mol. The monoisotopic (exact) mass is 1240 g/mol. The Morgan fingerprint density at radius 3 is 0.954 bits per heavy atom. The van der Waals surface area contributed by atoms with E-state index in [1.807, 2.05) is 0 Å². The molecule has 2 unspecified atom stereocenters. The molecule has 0 aromatic rings. The van der Waals surface area contributed by atoms with Crippen molar-refractivity contribution in [3.63, 3.8) is 0 Å². The number of phosphoric acid groups is 1. The average Bonchev–Trinajstić information content (AvgIpc) is 3.62. The van der Waals surface area contributed by atoms with Crippen molar-refractivity contribution in [3.05, 3.63) is 72.9 Å². The lowest BCUT2D eigenvalue weighted by atomic mass is 10.0. The first kappa shape index (κ1) is 84.5. The van der Waals surface area contributed by atoms with E-state index in [1.165, 1.54) is 263 Å². The second kappa shape index (κ2) is 72.5. The number of rotatable bonds is 71. The van der Waals surface area contributed by atoms with Gasteiger partial charge in [-0.2, -0.15) is 0 Å². The van der Waals surface area contributed by atoms with Crippen LogP contribution in [-0.4, -0.2) is 49.3 Å². The number of ether oxygens (including phenoxy) is 2. The fourth-order valence-electron chi connectivity index (χ4n) is 11.1. The average molecular weight is 1240 g/mol. The predicted octanol–water partition coefficient (Wildman–Crippen LogP) is 24.8. The molecular weight excluding hydrogens is 1100 g/mol. The van der Waals surface area contributed by atoms with E-state index in [0.717, 1.165) is 77.0 Å². The second-order valence-electron chi connectivity index (χ2n) is 25.1. The van der Waals surface area contributed by atoms with Gasteiger partial charge in [0.05, 0.1) is 13.2 Å². The normalized spacial score (nSPS) is 13.3. The molecule has 0 rings (SSSR count). The molecule has 0 aliphatic rings. The Hall–Kier alpha value is -2.55. The highest BCUT2D eigenvalue weighted by molar-refractivity contribution is 7.47. The van der Waals surface area contributed by atoms with Crippen LogP contribution in [0.5, 0.6) is 0 Å².